The number of ether oxygens (including phenoxy) is 1. The molecule has 5 heteroatoms. The summed E-state index contributed by atoms with van der Waals surface area (Å²) in [6, 6.07) is 20.8. The SMILES string of the molecule is CC(=O)Nc1cccc(C(=O)O[C@@H](C(=O)c2ccc(C)c(C)c2)c2ccccc2)c1. The Morgan fingerprint density at radius 2 is 1.53 bits per heavy atom. The van der Waals surface area contributed by atoms with Gasteiger partial charge in [-0.1, -0.05) is 48.5 Å². The first kappa shape index (κ1) is 21.0. The van der Waals surface area contributed by atoms with Gasteiger partial charge in [0, 0.05) is 23.7 Å². The highest BCUT2D eigenvalue weighted by molar-refractivity contribution is 6.02. The van der Waals surface area contributed by atoms with E-state index in [9.17, 15) is 14.4 Å². The molecule has 0 heterocycles. The molecule has 3 aromatic carbocycles. The highest BCUT2D eigenvalue weighted by atomic mass is 16.5. The van der Waals surface area contributed by atoms with E-state index in [0.717, 1.165) is 11.1 Å². The number of rotatable bonds is 6. The fourth-order valence-electron chi connectivity index (χ4n) is 3.05. The fourth-order valence-corrected chi connectivity index (χ4v) is 3.05. The van der Waals surface area contributed by atoms with Gasteiger partial charge in [-0.2, -0.15) is 0 Å². The molecule has 3 aromatic rings. The van der Waals surface area contributed by atoms with Crippen LogP contribution in [0.3, 0.4) is 0 Å². The molecule has 0 bridgehead atoms. The van der Waals surface area contributed by atoms with Gasteiger partial charge in [0.1, 0.15) is 0 Å². The largest absolute Gasteiger partial charge is 0.445 e. The van der Waals surface area contributed by atoms with Crippen LogP contribution >= 0.6 is 0 Å². The number of benzene rings is 3. The number of esters is 1. The van der Waals surface area contributed by atoms with Crippen LogP contribution < -0.4 is 5.32 Å². The zero-order chi connectivity index (χ0) is 21.7. The summed E-state index contributed by atoms with van der Waals surface area (Å²) in [5.74, 6) is -1.18. The van der Waals surface area contributed by atoms with Crippen molar-refractivity contribution in [2.24, 2.45) is 0 Å². The number of anilines is 1. The van der Waals surface area contributed by atoms with E-state index in [1.807, 2.05) is 26.0 Å². The molecule has 0 aliphatic heterocycles. The Hall–Kier alpha value is -3.73. The van der Waals surface area contributed by atoms with Crippen molar-refractivity contribution in [2.45, 2.75) is 26.9 Å². The molecule has 5 nitrogen and oxygen atoms in total. The zero-order valence-electron chi connectivity index (χ0n) is 17.1. The summed E-state index contributed by atoms with van der Waals surface area (Å²) in [5.41, 5.74) is 3.86. The maximum Gasteiger partial charge on any atom is 0.339 e. The monoisotopic (exact) mass is 401 g/mol. The van der Waals surface area contributed by atoms with Gasteiger partial charge in [0.05, 0.1) is 5.56 Å². The summed E-state index contributed by atoms with van der Waals surface area (Å²) < 4.78 is 5.67. The molecule has 0 aliphatic carbocycles. The summed E-state index contributed by atoms with van der Waals surface area (Å²) in [5, 5.41) is 2.63. The van der Waals surface area contributed by atoms with Gasteiger partial charge in [0.2, 0.25) is 11.7 Å². The molecule has 0 fully saturated rings. The van der Waals surface area contributed by atoms with Gasteiger partial charge < -0.3 is 10.1 Å². The Bertz CT molecular complexity index is 1090. The van der Waals surface area contributed by atoms with Gasteiger partial charge in [0.25, 0.3) is 0 Å². The third kappa shape index (κ3) is 5.00. The molecule has 0 spiro atoms. The maximum atomic E-state index is 13.3. The molecule has 1 N–H and O–H groups in total. The van der Waals surface area contributed by atoms with E-state index in [2.05, 4.69) is 5.32 Å². The van der Waals surface area contributed by atoms with Crippen LogP contribution in [0.5, 0.6) is 0 Å². The topological polar surface area (TPSA) is 72.5 Å². The molecule has 1 amide bonds. The zero-order valence-corrected chi connectivity index (χ0v) is 17.1. The molecule has 0 unspecified atom stereocenters. The predicted octanol–water partition coefficient (Wildman–Crippen LogP) is 5.04. The van der Waals surface area contributed by atoms with Crippen LogP contribution in [0.1, 0.15) is 50.4 Å². The van der Waals surface area contributed by atoms with Gasteiger partial charge in [-0.25, -0.2) is 4.79 Å². The standard InChI is InChI=1S/C25H23NO4/c1-16-12-13-20(14-17(16)2)23(28)24(19-8-5-4-6-9-19)30-25(29)21-10-7-11-22(15-21)26-18(3)27/h4-15,24H,1-3H3,(H,26,27)/t24-/m1/s1. The number of carbonyl (C=O) groups is 3. The van der Waals surface area contributed by atoms with Crippen molar-refractivity contribution >= 4 is 23.3 Å². The van der Waals surface area contributed by atoms with Crippen molar-refractivity contribution in [3.05, 3.63) is 101 Å². The van der Waals surface area contributed by atoms with Crippen molar-refractivity contribution < 1.29 is 19.1 Å². The Kier molecular flexibility index (Phi) is 6.42. The first-order chi connectivity index (χ1) is 14.3. The summed E-state index contributed by atoms with van der Waals surface area (Å²) in [6.07, 6.45) is -1.08. The quantitative estimate of drug-likeness (QED) is 0.464. The molecule has 152 valence electrons. The first-order valence-electron chi connectivity index (χ1n) is 9.60. The van der Waals surface area contributed by atoms with E-state index < -0.39 is 12.1 Å². The normalized spacial score (nSPS) is 11.4. The molecular formula is C25H23NO4. The van der Waals surface area contributed by atoms with Gasteiger partial charge in [-0.05, 0) is 49.2 Å². The lowest BCUT2D eigenvalue weighted by molar-refractivity contribution is -0.114. The lowest BCUT2D eigenvalue weighted by Gasteiger charge is -2.18. The van der Waals surface area contributed by atoms with Crippen molar-refractivity contribution in [3.8, 4) is 0 Å². The molecular weight excluding hydrogens is 378 g/mol. The molecule has 0 aromatic heterocycles. The number of aryl methyl sites for hydroxylation is 2. The van der Waals surface area contributed by atoms with Crippen LogP contribution in [-0.2, 0) is 9.53 Å². The maximum absolute atomic E-state index is 13.3. The van der Waals surface area contributed by atoms with E-state index in [0.29, 0.717) is 16.8 Å². The summed E-state index contributed by atoms with van der Waals surface area (Å²) >= 11 is 0. The van der Waals surface area contributed by atoms with Crippen LogP contribution in [0.25, 0.3) is 0 Å². The second-order valence-corrected chi connectivity index (χ2v) is 7.12. The molecule has 1 atom stereocenters. The number of hydrogen-bond acceptors (Lipinski definition) is 4. The minimum atomic E-state index is -1.08. The number of carbonyl (C=O) groups excluding carboxylic acids is 3. The third-order valence-electron chi connectivity index (χ3n) is 4.78. The number of nitrogens with one attached hydrogen (secondary N) is 1. The number of ketones is 1. The van der Waals surface area contributed by atoms with Crippen molar-refractivity contribution in [1.82, 2.24) is 0 Å². The Balaban J connectivity index is 1.92. The highest BCUT2D eigenvalue weighted by Gasteiger charge is 2.27. The summed E-state index contributed by atoms with van der Waals surface area (Å²) in [4.78, 5) is 37.4. The van der Waals surface area contributed by atoms with E-state index in [-0.39, 0.29) is 17.3 Å². The molecule has 0 saturated heterocycles. The molecule has 30 heavy (non-hydrogen) atoms. The first-order valence-corrected chi connectivity index (χ1v) is 9.60. The van der Waals surface area contributed by atoms with Gasteiger partial charge in [-0.15, -0.1) is 0 Å². The van der Waals surface area contributed by atoms with E-state index in [4.69, 9.17) is 4.74 Å². The second kappa shape index (κ2) is 9.18. The fraction of sp³-hybridized carbons (Fsp3) is 0.160. The van der Waals surface area contributed by atoms with Crippen LogP contribution in [0.4, 0.5) is 5.69 Å². The number of amides is 1. The van der Waals surface area contributed by atoms with Crippen molar-refractivity contribution in [1.29, 1.82) is 0 Å². The summed E-state index contributed by atoms with van der Waals surface area (Å²) in [7, 11) is 0. The predicted molar refractivity (Wildman–Crippen MR) is 116 cm³/mol. The Morgan fingerprint density at radius 1 is 0.800 bits per heavy atom. The molecule has 0 aliphatic rings. The Labute approximate surface area is 175 Å². The van der Waals surface area contributed by atoms with Crippen LogP contribution in [0.15, 0.2) is 72.8 Å². The minimum absolute atomic E-state index is 0.243. The second-order valence-electron chi connectivity index (χ2n) is 7.12. The minimum Gasteiger partial charge on any atom is -0.445 e. The van der Waals surface area contributed by atoms with Crippen molar-refractivity contribution in [3.63, 3.8) is 0 Å². The highest BCUT2D eigenvalue weighted by Crippen LogP contribution is 2.25. The number of Topliss-reactive ketones (excluding diaryl/α,β-unsaturated/α-hetero) is 1. The number of hydrogen-bond donors (Lipinski definition) is 1. The van der Waals surface area contributed by atoms with Gasteiger partial charge >= 0.3 is 5.97 Å². The lowest BCUT2D eigenvalue weighted by atomic mass is 9.97. The van der Waals surface area contributed by atoms with E-state index >= 15 is 0 Å². The molecule has 0 radical (unpaired) electrons. The average molecular weight is 401 g/mol. The van der Waals surface area contributed by atoms with Crippen LogP contribution in [0, 0.1) is 13.8 Å². The lowest BCUT2D eigenvalue weighted by Crippen LogP contribution is -2.20. The summed E-state index contributed by atoms with van der Waals surface area (Å²) in [6.45, 7) is 5.29. The van der Waals surface area contributed by atoms with Crippen molar-refractivity contribution in [2.75, 3.05) is 5.32 Å². The smallest absolute Gasteiger partial charge is 0.339 e. The van der Waals surface area contributed by atoms with Gasteiger partial charge in [-0.3, -0.25) is 9.59 Å². The average Bonchev–Trinajstić information content (AvgIpc) is 2.73. The Morgan fingerprint density at radius 3 is 2.20 bits per heavy atom. The van der Waals surface area contributed by atoms with Crippen LogP contribution in [-0.4, -0.2) is 17.7 Å². The van der Waals surface area contributed by atoms with Crippen LogP contribution in [0.2, 0.25) is 0 Å². The molecule has 3 rings (SSSR count). The van der Waals surface area contributed by atoms with E-state index in [1.165, 1.54) is 13.0 Å². The van der Waals surface area contributed by atoms with E-state index in [1.54, 1.807) is 54.6 Å². The van der Waals surface area contributed by atoms with Gasteiger partial charge in [0.15, 0.2) is 6.10 Å². The molecule has 0 saturated carbocycles. The third-order valence-corrected chi connectivity index (χ3v) is 4.78.